The molecule has 10 nitrogen and oxygen atoms in total. The number of aromatic hydroxyl groups is 1. The molecular weight excluding hydrogens is 434 g/mol. The summed E-state index contributed by atoms with van der Waals surface area (Å²) in [4.78, 5) is 12.7. The number of benzene rings is 1. The monoisotopic (exact) mass is 451 g/mol. The Hall–Kier alpha value is -2.31. The number of fused-ring (bicyclic) bond motifs is 1. The van der Waals surface area contributed by atoms with E-state index in [1.807, 2.05) is 6.07 Å². The molecular formula is C17H18BrN5O5. The highest BCUT2D eigenvalue weighted by molar-refractivity contribution is 9.10. The van der Waals surface area contributed by atoms with Gasteiger partial charge in [0.1, 0.15) is 30.4 Å². The van der Waals surface area contributed by atoms with Crippen LogP contribution in [0.15, 0.2) is 35.3 Å². The number of anilines is 1. The number of nitrogens with one attached hydrogen (secondary N) is 1. The van der Waals surface area contributed by atoms with Gasteiger partial charge in [-0.3, -0.25) is 4.57 Å². The maximum absolute atomic E-state index is 10.2. The number of hydrogen-bond donors (Lipinski definition) is 5. The summed E-state index contributed by atoms with van der Waals surface area (Å²) in [5.74, 6) is 0.585. The predicted octanol–water partition coefficient (Wildman–Crippen LogP) is 0.518. The minimum Gasteiger partial charge on any atom is -0.508 e. The number of rotatable bonds is 5. The number of phenolic OH excluding ortho intramolecular Hbond substituents is 1. The largest absolute Gasteiger partial charge is 0.508 e. The van der Waals surface area contributed by atoms with Gasteiger partial charge in [-0.15, -0.1) is 0 Å². The van der Waals surface area contributed by atoms with Gasteiger partial charge in [0.15, 0.2) is 23.2 Å². The first-order chi connectivity index (χ1) is 13.5. The van der Waals surface area contributed by atoms with Crippen molar-refractivity contribution in [3.8, 4) is 5.75 Å². The number of phenols is 1. The molecule has 3 heterocycles. The molecule has 148 valence electrons. The number of nitrogens with zero attached hydrogens (tertiary/aromatic N) is 4. The van der Waals surface area contributed by atoms with Gasteiger partial charge in [-0.1, -0.05) is 22.0 Å². The third-order valence-electron chi connectivity index (χ3n) is 4.64. The third-order valence-corrected chi connectivity index (χ3v) is 5.14. The van der Waals surface area contributed by atoms with Crippen LogP contribution in [-0.4, -0.2) is 64.9 Å². The highest BCUT2D eigenvalue weighted by atomic mass is 79.9. The summed E-state index contributed by atoms with van der Waals surface area (Å²) < 4.78 is 7.80. The lowest BCUT2D eigenvalue weighted by Gasteiger charge is -2.16. The van der Waals surface area contributed by atoms with Crippen LogP contribution in [0.3, 0.4) is 0 Å². The van der Waals surface area contributed by atoms with E-state index in [9.17, 15) is 20.4 Å². The molecule has 0 saturated carbocycles. The third kappa shape index (κ3) is 3.31. The molecule has 0 amide bonds. The molecule has 0 spiro atoms. The van der Waals surface area contributed by atoms with Crippen LogP contribution >= 0.6 is 15.9 Å². The quantitative estimate of drug-likeness (QED) is 0.374. The number of aliphatic hydroxyl groups is 3. The number of aromatic nitrogens is 4. The molecule has 0 bridgehead atoms. The van der Waals surface area contributed by atoms with E-state index in [1.165, 1.54) is 17.2 Å². The summed E-state index contributed by atoms with van der Waals surface area (Å²) in [5.41, 5.74) is 1.52. The molecule has 1 saturated heterocycles. The fourth-order valence-corrected chi connectivity index (χ4v) is 3.49. The molecule has 0 aliphatic carbocycles. The number of ether oxygens (including phenoxy) is 1. The van der Waals surface area contributed by atoms with Crippen LogP contribution in [0.2, 0.25) is 0 Å². The van der Waals surface area contributed by atoms with Crippen LogP contribution in [0.5, 0.6) is 5.75 Å². The molecule has 5 N–H and O–H groups in total. The SMILES string of the molecule is OC[C@H]1OC(n2cnc3c(NCc4ccc(Br)cc4O)ncnc32)[C@@H](O)[C@@H]1O. The number of halogens is 1. The van der Waals surface area contributed by atoms with Crippen LogP contribution in [0, 0.1) is 0 Å². The van der Waals surface area contributed by atoms with Gasteiger partial charge < -0.3 is 30.5 Å². The maximum atomic E-state index is 10.2. The highest BCUT2D eigenvalue weighted by Gasteiger charge is 2.44. The van der Waals surface area contributed by atoms with Gasteiger partial charge in [-0.05, 0) is 12.1 Å². The minimum atomic E-state index is -1.24. The molecule has 28 heavy (non-hydrogen) atoms. The van der Waals surface area contributed by atoms with Crippen LogP contribution in [0.25, 0.3) is 11.2 Å². The summed E-state index contributed by atoms with van der Waals surface area (Å²) >= 11 is 3.30. The zero-order chi connectivity index (χ0) is 19.8. The molecule has 1 aliphatic heterocycles. The van der Waals surface area contributed by atoms with Gasteiger partial charge in [0.05, 0.1) is 12.9 Å². The first-order valence-corrected chi connectivity index (χ1v) is 9.30. The molecule has 3 aromatic rings. The van der Waals surface area contributed by atoms with Crippen LogP contribution < -0.4 is 5.32 Å². The lowest BCUT2D eigenvalue weighted by Crippen LogP contribution is -2.33. The van der Waals surface area contributed by atoms with Crippen molar-refractivity contribution in [2.75, 3.05) is 11.9 Å². The Bertz CT molecular complexity index is 999. The van der Waals surface area contributed by atoms with E-state index in [2.05, 4.69) is 36.2 Å². The van der Waals surface area contributed by atoms with E-state index >= 15 is 0 Å². The summed E-state index contributed by atoms with van der Waals surface area (Å²) in [6, 6.07) is 5.20. The molecule has 1 unspecified atom stereocenters. The normalized spacial score (nSPS) is 24.7. The van der Waals surface area contributed by atoms with E-state index < -0.39 is 31.1 Å². The van der Waals surface area contributed by atoms with E-state index in [1.54, 1.807) is 12.1 Å². The Kier molecular flexibility index (Phi) is 5.17. The van der Waals surface area contributed by atoms with Crippen molar-refractivity contribution in [3.63, 3.8) is 0 Å². The first-order valence-electron chi connectivity index (χ1n) is 8.51. The van der Waals surface area contributed by atoms with Crippen LogP contribution in [0.4, 0.5) is 5.82 Å². The van der Waals surface area contributed by atoms with E-state index in [0.29, 0.717) is 29.1 Å². The van der Waals surface area contributed by atoms with Crippen molar-refractivity contribution >= 4 is 32.9 Å². The fourth-order valence-electron chi connectivity index (χ4n) is 3.14. The summed E-state index contributed by atoms with van der Waals surface area (Å²) in [6.45, 7) is -0.105. The zero-order valence-electron chi connectivity index (χ0n) is 14.5. The molecule has 1 fully saturated rings. The van der Waals surface area contributed by atoms with Crippen molar-refractivity contribution in [1.29, 1.82) is 0 Å². The second-order valence-corrected chi connectivity index (χ2v) is 7.32. The average molecular weight is 452 g/mol. The molecule has 11 heteroatoms. The summed E-state index contributed by atoms with van der Waals surface area (Å²) in [6.07, 6.45) is -1.51. The van der Waals surface area contributed by atoms with Crippen molar-refractivity contribution in [2.24, 2.45) is 0 Å². The second-order valence-electron chi connectivity index (χ2n) is 6.40. The van der Waals surface area contributed by atoms with Gasteiger partial charge >= 0.3 is 0 Å². The molecule has 4 rings (SSSR count). The van der Waals surface area contributed by atoms with E-state index in [4.69, 9.17) is 4.74 Å². The number of hydrogen-bond acceptors (Lipinski definition) is 9. The Morgan fingerprint density at radius 1 is 1.18 bits per heavy atom. The van der Waals surface area contributed by atoms with Crippen molar-refractivity contribution in [3.05, 3.63) is 40.9 Å². The van der Waals surface area contributed by atoms with Gasteiger partial charge in [0.25, 0.3) is 0 Å². The van der Waals surface area contributed by atoms with Crippen molar-refractivity contribution in [2.45, 2.75) is 31.1 Å². The summed E-state index contributed by atoms with van der Waals surface area (Å²) in [5, 5.41) is 42.6. The Balaban J connectivity index is 1.60. The lowest BCUT2D eigenvalue weighted by atomic mass is 10.1. The number of imidazole rings is 1. The smallest absolute Gasteiger partial charge is 0.167 e. The molecule has 2 aromatic heterocycles. The summed E-state index contributed by atoms with van der Waals surface area (Å²) in [7, 11) is 0. The second kappa shape index (κ2) is 7.60. The first kappa shape index (κ1) is 19.0. The van der Waals surface area contributed by atoms with Crippen LogP contribution in [0.1, 0.15) is 11.8 Å². The zero-order valence-corrected chi connectivity index (χ0v) is 16.1. The molecule has 4 atom stereocenters. The fraction of sp³-hybridized carbons (Fsp3) is 0.353. The molecule has 1 aliphatic rings. The lowest BCUT2D eigenvalue weighted by molar-refractivity contribution is -0.0511. The van der Waals surface area contributed by atoms with Crippen molar-refractivity contribution in [1.82, 2.24) is 19.5 Å². The Labute approximate surface area is 167 Å². The highest BCUT2D eigenvalue weighted by Crippen LogP contribution is 2.32. The number of aliphatic hydroxyl groups excluding tert-OH is 3. The Morgan fingerprint density at radius 3 is 2.71 bits per heavy atom. The minimum absolute atomic E-state index is 0.143. The van der Waals surface area contributed by atoms with Gasteiger partial charge in [0, 0.05) is 16.6 Å². The van der Waals surface area contributed by atoms with Crippen molar-refractivity contribution < 1.29 is 25.2 Å². The van der Waals surface area contributed by atoms with E-state index in [0.717, 1.165) is 4.47 Å². The standard InChI is InChI=1S/C17H18BrN5O5/c18-9-2-1-8(10(25)3-9)4-19-15-12-16(21-6-20-15)23(7-22-12)17-14(27)13(26)11(5-24)28-17/h1-3,6-7,11,13-14,17,24-27H,4-5H2,(H,19,20,21)/t11-,13-,14+,17?/m1/s1. The topological polar surface area (TPSA) is 146 Å². The maximum Gasteiger partial charge on any atom is 0.167 e. The van der Waals surface area contributed by atoms with E-state index in [-0.39, 0.29) is 5.75 Å². The van der Waals surface area contributed by atoms with Crippen LogP contribution in [-0.2, 0) is 11.3 Å². The van der Waals surface area contributed by atoms with Gasteiger partial charge in [-0.25, -0.2) is 15.0 Å². The van der Waals surface area contributed by atoms with Gasteiger partial charge in [-0.2, -0.15) is 0 Å². The predicted molar refractivity (Wildman–Crippen MR) is 101 cm³/mol. The van der Waals surface area contributed by atoms with Gasteiger partial charge in [0.2, 0.25) is 0 Å². The average Bonchev–Trinajstić information content (AvgIpc) is 3.23. The molecule has 1 aromatic carbocycles. The Morgan fingerprint density at radius 2 is 2.00 bits per heavy atom. The molecule has 0 radical (unpaired) electrons.